The Bertz CT molecular complexity index is 1620. The Hall–Kier alpha value is -5.52. The summed E-state index contributed by atoms with van der Waals surface area (Å²) in [4.78, 5) is 20.9. The highest BCUT2D eigenvalue weighted by atomic mass is 16.6. The normalized spacial score (nSPS) is 10.3. The van der Waals surface area contributed by atoms with Crippen LogP contribution in [0.2, 0.25) is 0 Å². The molecule has 0 saturated heterocycles. The maximum atomic E-state index is 11.0. The molecule has 0 aliphatic heterocycles. The van der Waals surface area contributed by atoms with E-state index in [1.807, 2.05) is 50.2 Å². The number of nitrogen functional groups attached to an aromatic ring is 2. The molecule has 4 N–H and O–H groups in total. The van der Waals surface area contributed by atoms with Crippen molar-refractivity contribution in [2.45, 2.75) is 27.7 Å². The molecule has 4 rings (SSSR count). The molecule has 0 heterocycles. The summed E-state index contributed by atoms with van der Waals surface area (Å²) in [6, 6.07) is 20.6. The Morgan fingerprint density at radius 1 is 0.523 bits per heavy atom. The molecule has 0 saturated carbocycles. The van der Waals surface area contributed by atoms with E-state index in [0.29, 0.717) is 36.1 Å². The lowest BCUT2D eigenvalue weighted by atomic mass is 10.2. The minimum Gasteiger partial charge on any atom is -0.488 e. The van der Waals surface area contributed by atoms with Gasteiger partial charge in [0.15, 0.2) is 11.5 Å². The van der Waals surface area contributed by atoms with Crippen molar-refractivity contribution in [2.24, 2.45) is 0 Å². The first-order valence-corrected chi connectivity index (χ1v) is 13.7. The molecule has 0 aromatic heterocycles. The largest absolute Gasteiger partial charge is 0.488 e. The van der Waals surface area contributed by atoms with Gasteiger partial charge in [0.1, 0.15) is 37.9 Å². The minimum absolute atomic E-state index is 0. The second-order valence-corrected chi connectivity index (χ2v) is 9.93. The highest BCUT2D eigenvalue weighted by Crippen LogP contribution is 2.29. The smallest absolute Gasteiger partial charge is 0.311 e. The third-order valence-electron chi connectivity index (χ3n) is 6.15. The first kappa shape index (κ1) is 33.0. The Balaban J connectivity index is 0.000000311. The monoisotopic (exact) mass is 606 g/mol. The number of nitro groups is 2. The summed E-state index contributed by atoms with van der Waals surface area (Å²) in [6.07, 6.45) is 0. The van der Waals surface area contributed by atoms with Gasteiger partial charge in [-0.3, -0.25) is 20.2 Å². The molecular weight excluding hydrogens is 568 g/mol. The van der Waals surface area contributed by atoms with Crippen LogP contribution in [0.3, 0.4) is 0 Å². The molecule has 0 spiro atoms. The summed E-state index contributed by atoms with van der Waals surface area (Å²) in [5.41, 5.74) is 16.5. The van der Waals surface area contributed by atoms with E-state index in [1.165, 1.54) is 18.2 Å². The fraction of sp³-hybridized carbons (Fsp3) is 0.250. The molecule has 44 heavy (non-hydrogen) atoms. The quantitative estimate of drug-likeness (QED) is 0.0759. The summed E-state index contributed by atoms with van der Waals surface area (Å²) in [6.45, 7) is 8.41. The van der Waals surface area contributed by atoms with E-state index in [4.69, 9.17) is 30.4 Å². The van der Waals surface area contributed by atoms with Gasteiger partial charge in [-0.1, -0.05) is 24.3 Å². The van der Waals surface area contributed by atoms with Crippen LogP contribution in [-0.4, -0.2) is 36.3 Å². The van der Waals surface area contributed by atoms with E-state index in [2.05, 4.69) is 0 Å². The molecule has 0 radical (unpaired) electrons. The first-order valence-electron chi connectivity index (χ1n) is 13.7. The van der Waals surface area contributed by atoms with Gasteiger partial charge >= 0.3 is 11.4 Å². The molecule has 12 nitrogen and oxygen atoms in total. The van der Waals surface area contributed by atoms with Gasteiger partial charge in [-0.25, -0.2) is 0 Å². The van der Waals surface area contributed by atoms with Crippen molar-refractivity contribution in [2.75, 3.05) is 37.9 Å². The van der Waals surface area contributed by atoms with Crippen molar-refractivity contribution in [1.29, 1.82) is 0 Å². The van der Waals surface area contributed by atoms with Crippen molar-refractivity contribution < 1.29 is 30.2 Å². The number of hydrogen-bond donors (Lipinski definition) is 2. The molecule has 0 bridgehead atoms. The Kier molecular flexibility index (Phi) is 11.7. The third-order valence-corrected chi connectivity index (χ3v) is 6.15. The molecular formula is C32H38N4O8. The molecule has 4 aromatic carbocycles. The van der Waals surface area contributed by atoms with Crippen LogP contribution in [0.25, 0.3) is 0 Å². The fourth-order valence-electron chi connectivity index (χ4n) is 3.95. The Morgan fingerprint density at radius 3 is 1.55 bits per heavy atom. The number of ether oxygens (including phenoxy) is 4. The summed E-state index contributed by atoms with van der Waals surface area (Å²) < 4.78 is 22.0. The SMILES string of the molecule is Cc1ccc(OCCOc2cc(C)ccc2N)c(N)c1.Cc1ccc([N+](=O)[O-])c(OCCOc2ccc(C)cc2[N+](=O)[O-])c1.[HH]. The van der Waals surface area contributed by atoms with Crippen molar-refractivity contribution in [3.05, 3.63) is 115 Å². The Morgan fingerprint density at radius 2 is 0.955 bits per heavy atom. The lowest BCUT2D eigenvalue weighted by molar-refractivity contribution is -0.386. The van der Waals surface area contributed by atoms with Crippen molar-refractivity contribution >= 4 is 22.7 Å². The zero-order chi connectivity index (χ0) is 32.2. The topological polar surface area (TPSA) is 175 Å². The number of nitrogens with zero attached hydrogens (tertiary/aromatic N) is 2. The predicted octanol–water partition coefficient (Wildman–Crippen LogP) is 6.75. The number of rotatable bonds is 12. The van der Waals surface area contributed by atoms with Gasteiger partial charge in [-0.2, -0.15) is 0 Å². The van der Waals surface area contributed by atoms with Crippen LogP contribution in [0.4, 0.5) is 22.7 Å². The predicted molar refractivity (Wildman–Crippen MR) is 171 cm³/mol. The zero-order valence-electron chi connectivity index (χ0n) is 25.1. The number of nitrogens with two attached hydrogens (primary N) is 2. The van der Waals surface area contributed by atoms with E-state index in [0.717, 1.165) is 22.3 Å². The van der Waals surface area contributed by atoms with Gasteiger partial charge in [0.2, 0.25) is 0 Å². The van der Waals surface area contributed by atoms with Gasteiger partial charge in [-0.15, -0.1) is 0 Å². The lowest BCUT2D eigenvalue weighted by Gasteiger charge is -2.12. The van der Waals surface area contributed by atoms with Crippen LogP contribution in [-0.2, 0) is 0 Å². The van der Waals surface area contributed by atoms with Gasteiger partial charge in [0, 0.05) is 13.6 Å². The van der Waals surface area contributed by atoms with E-state index in [9.17, 15) is 20.2 Å². The first-order chi connectivity index (χ1) is 20.9. The van der Waals surface area contributed by atoms with Crippen LogP contribution in [0.5, 0.6) is 23.0 Å². The summed E-state index contributed by atoms with van der Waals surface area (Å²) >= 11 is 0. The average Bonchev–Trinajstić information content (AvgIpc) is 2.97. The maximum absolute atomic E-state index is 11.0. The van der Waals surface area contributed by atoms with Gasteiger partial charge < -0.3 is 30.4 Å². The summed E-state index contributed by atoms with van der Waals surface area (Å²) in [5.74, 6) is 1.64. The molecule has 0 atom stereocenters. The highest BCUT2D eigenvalue weighted by Gasteiger charge is 2.17. The van der Waals surface area contributed by atoms with Gasteiger partial charge in [-0.05, 0) is 86.3 Å². The number of anilines is 2. The van der Waals surface area contributed by atoms with Gasteiger partial charge in [0.05, 0.1) is 21.2 Å². The van der Waals surface area contributed by atoms with Crippen LogP contribution in [0.15, 0.2) is 72.8 Å². The number of nitro benzene ring substituents is 2. The number of hydrogen-bond acceptors (Lipinski definition) is 10. The molecule has 0 fully saturated rings. The summed E-state index contributed by atoms with van der Waals surface area (Å²) in [5, 5.41) is 22.0. The van der Waals surface area contributed by atoms with E-state index in [1.54, 1.807) is 32.0 Å². The average molecular weight is 607 g/mol. The maximum Gasteiger partial charge on any atom is 0.311 e. The van der Waals surface area contributed by atoms with Crippen molar-refractivity contribution in [1.82, 2.24) is 0 Å². The number of benzene rings is 4. The summed E-state index contributed by atoms with van der Waals surface area (Å²) in [7, 11) is 0. The van der Waals surface area contributed by atoms with Crippen molar-refractivity contribution in [3.8, 4) is 23.0 Å². The molecule has 234 valence electrons. The van der Waals surface area contributed by atoms with E-state index >= 15 is 0 Å². The molecule has 4 aromatic rings. The van der Waals surface area contributed by atoms with Crippen molar-refractivity contribution in [3.63, 3.8) is 0 Å². The minimum atomic E-state index is -0.527. The second kappa shape index (κ2) is 15.6. The van der Waals surface area contributed by atoms with Crippen LogP contribution in [0.1, 0.15) is 23.7 Å². The standard InChI is InChI=1S/C16H16N2O6.C16H20N2O2.H2/c1-11-4-6-15(14(9-11)18(21)22)23-7-8-24-16-10-12(2)3-5-13(16)17(19)20;1-11-4-6-15(14(18)9-11)19-7-8-20-16-10-12(2)3-5-13(16)17;/h3-6,9-10H,7-8H2,1-2H3;3-6,9-10H,7-8,17-18H2,1-2H3;1H. The van der Waals surface area contributed by atoms with Crippen LogP contribution >= 0.6 is 0 Å². The van der Waals surface area contributed by atoms with Crippen LogP contribution in [0, 0.1) is 47.9 Å². The molecule has 0 amide bonds. The molecule has 0 aliphatic rings. The fourth-order valence-corrected chi connectivity index (χ4v) is 3.95. The molecule has 0 aliphatic carbocycles. The van der Waals surface area contributed by atoms with E-state index in [-0.39, 0.29) is 37.5 Å². The second-order valence-electron chi connectivity index (χ2n) is 9.93. The lowest BCUT2D eigenvalue weighted by Crippen LogP contribution is -2.11. The third kappa shape index (κ3) is 9.79. The highest BCUT2D eigenvalue weighted by molar-refractivity contribution is 5.55. The van der Waals surface area contributed by atoms with E-state index < -0.39 is 9.85 Å². The molecule has 12 heteroatoms. The van der Waals surface area contributed by atoms with Crippen LogP contribution < -0.4 is 30.4 Å². The Labute approximate surface area is 256 Å². The molecule has 0 unspecified atom stereocenters. The zero-order valence-corrected chi connectivity index (χ0v) is 25.1. The number of aryl methyl sites for hydroxylation is 4. The van der Waals surface area contributed by atoms with Gasteiger partial charge in [0.25, 0.3) is 0 Å².